The molecule has 0 aliphatic carbocycles. The average molecular weight is 462 g/mol. The Morgan fingerprint density at radius 2 is 1.90 bits per heavy atom. The van der Waals surface area contributed by atoms with Gasteiger partial charge in [0.1, 0.15) is 5.75 Å². The average Bonchev–Trinajstić information content (AvgIpc) is 3.02. The first-order valence-corrected chi connectivity index (χ1v) is 10.2. The van der Waals surface area contributed by atoms with Gasteiger partial charge in [0.05, 0.1) is 10.6 Å². The van der Waals surface area contributed by atoms with Crippen LogP contribution in [-0.4, -0.2) is 14.8 Å². The molecule has 0 saturated carbocycles. The van der Waals surface area contributed by atoms with E-state index in [2.05, 4.69) is 10.2 Å². The van der Waals surface area contributed by atoms with E-state index < -0.39 is 17.8 Å². The maximum atomic E-state index is 12.9. The zero-order valence-electron chi connectivity index (χ0n) is 15.4. The largest absolute Gasteiger partial charge is 0.481 e. The van der Waals surface area contributed by atoms with Crippen molar-refractivity contribution >= 4 is 35.0 Å². The summed E-state index contributed by atoms with van der Waals surface area (Å²) in [6.07, 6.45) is -4.82. The van der Waals surface area contributed by atoms with E-state index in [4.69, 9.17) is 27.9 Å². The van der Waals surface area contributed by atoms with Gasteiger partial charge in [-0.25, -0.2) is 0 Å². The quantitative estimate of drug-likeness (QED) is 0.389. The van der Waals surface area contributed by atoms with Crippen LogP contribution < -0.4 is 4.74 Å². The van der Waals surface area contributed by atoms with Gasteiger partial charge in [0, 0.05) is 17.8 Å². The molecule has 1 aromatic heterocycles. The Morgan fingerprint density at radius 1 is 1.14 bits per heavy atom. The molecule has 0 amide bonds. The molecule has 0 fully saturated rings. The maximum Gasteiger partial charge on any atom is 0.416 e. The third-order valence-electron chi connectivity index (χ3n) is 4.05. The Balaban J connectivity index is 1.69. The van der Waals surface area contributed by atoms with Crippen LogP contribution in [0, 0.1) is 0 Å². The summed E-state index contributed by atoms with van der Waals surface area (Å²) in [5.74, 6) is 1.35. The van der Waals surface area contributed by atoms with E-state index in [1.54, 1.807) is 42.8 Å². The predicted octanol–water partition coefficient (Wildman–Crippen LogP) is 6.57. The molecule has 0 radical (unpaired) electrons. The molecule has 29 heavy (non-hydrogen) atoms. The minimum Gasteiger partial charge on any atom is -0.481 e. The Labute approximate surface area is 180 Å². The molecule has 0 bridgehead atoms. The highest BCUT2D eigenvalue weighted by Crippen LogP contribution is 2.33. The van der Waals surface area contributed by atoms with Crippen LogP contribution >= 0.6 is 35.0 Å². The number of benzene rings is 2. The summed E-state index contributed by atoms with van der Waals surface area (Å²) in [5.41, 5.74) is -0.122. The minimum atomic E-state index is -4.37. The van der Waals surface area contributed by atoms with Gasteiger partial charge in [0.15, 0.2) is 17.1 Å². The third-order valence-corrected chi connectivity index (χ3v) is 5.67. The van der Waals surface area contributed by atoms with E-state index in [1.807, 2.05) is 0 Å². The highest BCUT2D eigenvalue weighted by molar-refractivity contribution is 7.98. The van der Waals surface area contributed by atoms with Crippen molar-refractivity contribution in [2.75, 3.05) is 0 Å². The van der Waals surface area contributed by atoms with E-state index in [0.717, 1.165) is 12.1 Å². The third kappa shape index (κ3) is 5.38. The number of aromatic nitrogens is 3. The van der Waals surface area contributed by atoms with Crippen LogP contribution in [0.5, 0.6) is 5.75 Å². The molecular weight excluding hydrogens is 446 g/mol. The van der Waals surface area contributed by atoms with Gasteiger partial charge in [0.2, 0.25) is 0 Å². The summed E-state index contributed by atoms with van der Waals surface area (Å²) in [6.45, 7) is 1.80. The van der Waals surface area contributed by atoms with Gasteiger partial charge in [-0.15, -0.1) is 10.2 Å². The van der Waals surface area contributed by atoms with Gasteiger partial charge in [-0.3, -0.25) is 0 Å². The molecule has 0 spiro atoms. The van der Waals surface area contributed by atoms with Crippen LogP contribution in [0.1, 0.15) is 30.0 Å². The number of hydrogen-bond acceptors (Lipinski definition) is 4. The zero-order chi connectivity index (χ0) is 21.2. The fraction of sp³-hybridized carbons (Fsp3) is 0.263. The molecule has 2 aromatic carbocycles. The van der Waals surface area contributed by atoms with Crippen LogP contribution in [0.4, 0.5) is 13.2 Å². The van der Waals surface area contributed by atoms with Crippen molar-refractivity contribution in [1.29, 1.82) is 0 Å². The fourth-order valence-corrected chi connectivity index (χ4v) is 3.92. The Hall–Kier alpha value is -1.90. The Bertz CT molecular complexity index is 1010. The topological polar surface area (TPSA) is 39.9 Å². The number of alkyl halides is 3. The van der Waals surface area contributed by atoms with Gasteiger partial charge in [0.25, 0.3) is 0 Å². The monoisotopic (exact) mass is 461 g/mol. The number of thioether (sulfide) groups is 1. The number of hydrogen-bond donors (Lipinski definition) is 0. The first kappa shape index (κ1) is 21.8. The van der Waals surface area contributed by atoms with Crippen molar-refractivity contribution in [3.8, 4) is 5.75 Å². The summed E-state index contributed by atoms with van der Waals surface area (Å²) in [4.78, 5) is 0. The molecule has 0 aliphatic rings. The lowest BCUT2D eigenvalue weighted by Crippen LogP contribution is -2.10. The highest BCUT2D eigenvalue weighted by atomic mass is 35.5. The molecule has 3 aromatic rings. The second-order valence-corrected chi connectivity index (χ2v) is 8.01. The summed E-state index contributed by atoms with van der Waals surface area (Å²) in [7, 11) is 1.77. The molecule has 1 heterocycles. The van der Waals surface area contributed by atoms with E-state index in [1.165, 1.54) is 17.8 Å². The molecule has 0 aliphatic heterocycles. The van der Waals surface area contributed by atoms with E-state index in [0.29, 0.717) is 38.1 Å². The van der Waals surface area contributed by atoms with Crippen LogP contribution in [0.15, 0.2) is 47.6 Å². The van der Waals surface area contributed by atoms with E-state index in [-0.39, 0.29) is 0 Å². The molecule has 3 rings (SSSR count). The highest BCUT2D eigenvalue weighted by Gasteiger charge is 2.30. The van der Waals surface area contributed by atoms with Crippen molar-refractivity contribution < 1.29 is 17.9 Å². The van der Waals surface area contributed by atoms with Crippen molar-refractivity contribution in [2.45, 2.75) is 30.1 Å². The second-order valence-electron chi connectivity index (χ2n) is 6.22. The molecule has 0 saturated heterocycles. The smallest absolute Gasteiger partial charge is 0.416 e. The molecule has 1 atom stereocenters. The van der Waals surface area contributed by atoms with Crippen LogP contribution in [0.25, 0.3) is 0 Å². The summed E-state index contributed by atoms with van der Waals surface area (Å²) >= 11 is 13.3. The van der Waals surface area contributed by atoms with Crippen molar-refractivity contribution in [2.24, 2.45) is 7.05 Å². The lowest BCUT2D eigenvalue weighted by atomic mass is 10.1. The van der Waals surface area contributed by atoms with Crippen molar-refractivity contribution in [3.05, 3.63) is 69.5 Å². The number of rotatable bonds is 6. The van der Waals surface area contributed by atoms with Gasteiger partial charge in [-0.2, -0.15) is 13.2 Å². The summed E-state index contributed by atoms with van der Waals surface area (Å²) in [5, 5.41) is 9.71. The molecule has 1 unspecified atom stereocenters. The number of ether oxygens (including phenoxy) is 1. The zero-order valence-corrected chi connectivity index (χ0v) is 17.7. The van der Waals surface area contributed by atoms with E-state index >= 15 is 0 Å². The van der Waals surface area contributed by atoms with Gasteiger partial charge < -0.3 is 9.30 Å². The number of nitrogens with zero attached hydrogens (tertiary/aromatic N) is 3. The lowest BCUT2D eigenvalue weighted by molar-refractivity contribution is -0.137. The van der Waals surface area contributed by atoms with Gasteiger partial charge in [-0.1, -0.05) is 53.2 Å². The maximum absolute atomic E-state index is 12.9. The lowest BCUT2D eigenvalue weighted by Gasteiger charge is -2.15. The SMILES string of the molecule is CC(Oc1ccc(Cl)cc1Cl)c1nnc(SCc2cccc(C(F)(F)F)c2)n1C. The second kappa shape index (κ2) is 8.85. The Kier molecular flexibility index (Phi) is 6.65. The van der Waals surface area contributed by atoms with Crippen LogP contribution in [0.2, 0.25) is 10.0 Å². The van der Waals surface area contributed by atoms with Crippen molar-refractivity contribution in [1.82, 2.24) is 14.8 Å². The molecule has 0 N–H and O–H groups in total. The molecule has 10 heteroatoms. The summed E-state index contributed by atoms with van der Waals surface area (Å²) < 4.78 is 46.1. The Morgan fingerprint density at radius 3 is 2.59 bits per heavy atom. The normalized spacial score (nSPS) is 12.8. The summed E-state index contributed by atoms with van der Waals surface area (Å²) in [6, 6.07) is 10.1. The molecule has 154 valence electrons. The van der Waals surface area contributed by atoms with Gasteiger partial charge in [-0.05, 0) is 36.8 Å². The van der Waals surface area contributed by atoms with Gasteiger partial charge >= 0.3 is 6.18 Å². The first-order valence-electron chi connectivity index (χ1n) is 8.45. The van der Waals surface area contributed by atoms with Crippen LogP contribution in [-0.2, 0) is 19.0 Å². The molecular formula is C19H16Cl2F3N3OS. The van der Waals surface area contributed by atoms with Crippen molar-refractivity contribution in [3.63, 3.8) is 0 Å². The first-order chi connectivity index (χ1) is 13.6. The minimum absolute atomic E-state index is 0.328. The van der Waals surface area contributed by atoms with E-state index in [9.17, 15) is 13.2 Å². The standard InChI is InChI=1S/C19H16Cl2F3N3OS/c1-11(28-16-7-6-14(20)9-15(16)21)17-25-26-18(27(17)2)29-10-12-4-3-5-13(8-12)19(22,23)24/h3-9,11H,10H2,1-2H3. The van der Waals surface area contributed by atoms with Crippen LogP contribution in [0.3, 0.4) is 0 Å². The predicted molar refractivity (Wildman–Crippen MR) is 108 cm³/mol. The number of halogens is 5. The molecule has 4 nitrogen and oxygen atoms in total. The fourth-order valence-electron chi connectivity index (χ4n) is 2.61.